The van der Waals surface area contributed by atoms with Gasteiger partial charge < -0.3 is 14.8 Å². The molecule has 28 heavy (non-hydrogen) atoms. The average molecular weight is 431 g/mol. The fourth-order valence-corrected chi connectivity index (χ4v) is 3.49. The van der Waals surface area contributed by atoms with Gasteiger partial charge in [0.1, 0.15) is 23.9 Å². The number of anilines is 1. The smallest absolute Gasteiger partial charge is 0.241 e. The third-order valence-electron chi connectivity index (χ3n) is 3.81. The first-order valence-electron chi connectivity index (χ1n) is 8.06. The van der Waals surface area contributed by atoms with Crippen molar-refractivity contribution >= 4 is 33.2 Å². The molecule has 0 saturated carbocycles. The van der Waals surface area contributed by atoms with E-state index in [2.05, 4.69) is 5.32 Å². The molecule has 2 aromatic carbocycles. The van der Waals surface area contributed by atoms with Crippen molar-refractivity contribution in [2.45, 2.75) is 6.54 Å². The Morgan fingerprint density at radius 3 is 2.29 bits per heavy atom. The van der Waals surface area contributed by atoms with Crippen LogP contribution in [0.25, 0.3) is 0 Å². The number of amides is 1. The molecule has 0 aromatic heterocycles. The maximum absolute atomic E-state index is 12.9. The molecule has 7 nitrogen and oxygen atoms in total. The quantitative estimate of drug-likeness (QED) is 0.695. The van der Waals surface area contributed by atoms with Gasteiger partial charge in [-0.25, -0.2) is 12.8 Å². The largest absolute Gasteiger partial charge is 0.495 e. The molecule has 2 aromatic rings. The fourth-order valence-electron chi connectivity index (χ4n) is 2.41. The molecule has 0 unspecified atom stereocenters. The predicted molar refractivity (Wildman–Crippen MR) is 105 cm³/mol. The third kappa shape index (κ3) is 5.49. The lowest BCUT2D eigenvalue weighted by Crippen LogP contribution is -2.40. The summed E-state index contributed by atoms with van der Waals surface area (Å²) in [6, 6.07) is 8.39. The summed E-state index contributed by atoms with van der Waals surface area (Å²) in [5.74, 6) is -0.534. The first-order valence-corrected chi connectivity index (χ1v) is 10.3. The lowest BCUT2D eigenvalue weighted by molar-refractivity contribution is -0.119. The molecule has 2 rings (SSSR count). The molecule has 0 heterocycles. The van der Waals surface area contributed by atoms with Crippen LogP contribution in [0.2, 0.25) is 5.02 Å². The van der Waals surface area contributed by atoms with Crippen molar-refractivity contribution in [3.63, 3.8) is 0 Å². The summed E-state index contributed by atoms with van der Waals surface area (Å²) < 4.78 is 48.8. The van der Waals surface area contributed by atoms with E-state index in [-0.39, 0.29) is 34.6 Å². The summed E-state index contributed by atoms with van der Waals surface area (Å²) in [4.78, 5) is 12.3. The Kier molecular flexibility index (Phi) is 7.09. The molecular formula is C18H20ClFN2O5S. The average Bonchev–Trinajstić information content (AvgIpc) is 2.64. The highest BCUT2D eigenvalue weighted by Gasteiger charge is 2.25. The number of benzene rings is 2. The van der Waals surface area contributed by atoms with Crippen molar-refractivity contribution in [1.29, 1.82) is 0 Å². The van der Waals surface area contributed by atoms with Gasteiger partial charge in [0.25, 0.3) is 0 Å². The van der Waals surface area contributed by atoms with E-state index in [9.17, 15) is 17.6 Å². The van der Waals surface area contributed by atoms with Gasteiger partial charge in [0, 0.05) is 18.7 Å². The van der Waals surface area contributed by atoms with Gasteiger partial charge >= 0.3 is 0 Å². The molecule has 0 aliphatic carbocycles. The number of rotatable bonds is 8. The van der Waals surface area contributed by atoms with Crippen LogP contribution < -0.4 is 19.1 Å². The monoisotopic (exact) mass is 430 g/mol. The number of ether oxygens (including phenoxy) is 2. The molecular weight excluding hydrogens is 411 g/mol. The van der Waals surface area contributed by atoms with E-state index in [1.165, 1.54) is 50.6 Å². The van der Waals surface area contributed by atoms with Gasteiger partial charge in [0.2, 0.25) is 15.9 Å². The van der Waals surface area contributed by atoms with Gasteiger partial charge in [-0.2, -0.15) is 0 Å². The second kappa shape index (κ2) is 9.11. The summed E-state index contributed by atoms with van der Waals surface area (Å²) in [5, 5.41) is 2.84. The van der Waals surface area contributed by atoms with E-state index in [0.717, 1.165) is 10.6 Å². The third-order valence-corrected chi connectivity index (χ3v) is 5.23. The molecule has 1 N–H and O–H groups in total. The zero-order chi connectivity index (χ0) is 20.9. The van der Waals surface area contributed by atoms with Crippen LogP contribution >= 0.6 is 11.6 Å². The Balaban J connectivity index is 2.25. The van der Waals surface area contributed by atoms with Crippen molar-refractivity contribution in [2.24, 2.45) is 0 Å². The Morgan fingerprint density at radius 2 is 1.75 bits per heavy atom. The molecule has 0 fully saturated rings. The topological polar surface area (TPSA) is 84.9 Å². The Morgan fingerprint density at radius 1 is 1.14 bits per heavy atom. The number of carbonyl (C=O) groups excluding carboxylic acids is 1. The van der Waals surface area contributed by atoms with Crippen LogP contribution in [0.4, 0.5) is 10.1 Å². The Bertz CT molecular complexity index is 951. The molecule has 0 bridgehead atoms. The molecule has 0 saturated heterocycles. The highest BCUT2D eigenvalue weighted by molar-refractivity contribution is 7.92. The Hall–Kier alpha value is -2.52. The minimum atomic E-state index is -3.83. The van der Waals surface area contributed by atoms with Crippen LogP contribution in [0.1, 0.15) is 5.56 Å². The van der Waals surface area contributed by atoms with Crippen molar-refractivity contribution in [2.75, 3.05) is 31.3 Å². The van der Waals surface area contributed by atoms with Gasteiger partial charge in [0.15, 0.2) is 0 Å². The van der Waals surface area contributed by atoms with E-state index in [1.807, 2.05) is 0 Å². The number of hydrogen-bond donors (Lipinski definition) is 1. The summed E-state index contributed by atoms with van der Waals surface area (Å²) >= 11 is 6.05. The van der Waals surface area contributed by atoms with Crippen LogP contribution in [-0.2, 0) is 21.4 Å². The van der Waals surface area contributed by atoms with Crippen LogP contribution in [0.3, 0.4) is 0 Å². The lowest BCUT2D eigenvalue weighted by Gasteiger charge is -2.24. The van der Waals surface area contributed by atoms with Gasteiger partial charge in [-0.1, -0.05) is 23.7 Å². The zero-order valence-corrected chi connectivity index (χ0v) is 17.1. The summed E-state index contributed by atoms with van der Waals surface area (Å²) in [7, 11) is -1.08. The Labute approximate surface area is 168 Å². The summed E-state index contributed by atoms with van der Waals surface area (Å²) in [6.07, 6.45) is 0.973. The second-order valence-electron chi connectivity index (χ2n) is 5.83. The van der Waals surface area contributed by atoms with Crippen LogP contribution in [0, 0.1) is 5.82 Å². The van der Waals surface area contributed by atoms with Crippen molar-refractivity contribution in [3.05, 3.63) is 52.8 Å². The predicted octanol–water partition coefficient (Wildman–Crippen LogP) is 2.58. The van der Waals surface area contributed by atoms with Crippen LogP contribution in [0.15, 0.2) is 36.4 Å². The molecule has 0 aliphatic heterocycles. The molecule has 0 atom stereocenters. The normalized spacial score (nSPS) is 11.0. The lowest BCUT2D eigenvalue weighted by atomic mass is 10.2. The standard InChI is InChI=1S/C18H20ClFN2O5S/c1-26-16-9-15(17(27-2)8-14(16)19)22(28(3,24)25)11-18(23)21-10-12-4-6-13(20)7-5-12/h4-9H,10-11H2,1-3H3,(H,21,23). The van der Waals surface area contributed by atoms with Crippen molar-refractivity contribution in [3.8, 4) is 11.5 Å². The number of sulfonamides is 1. The summed E-state index contributed by atoms with van der Waals surface area (Å²) in [5.41, 5.74) is 0.787. The minimum absolute atomic E-state index is 0.114. The van der Waals surface area contributed by atoms with Gasteiger partial charge in [-0.05, 0) is 17.7 Å². The van der Waals surface area contributed by atoms with Crippen molar-refractivity contribution in [1.82, 2.24) is 5.32 Å². The van der Waals surface area contributed by atoms with Gasteiger partial charge in [0.05, 0.1) is 31.2 Å². The minimum Gasteiger partial charge on any atom is -0.495 e. The van der Waals surface area contributed by atoms with E-state index in [4.69, 9.17) is 21.1 Å². The summed E-state index contributed by atoms with van der Waals surface area (Å²) in [6.45, 7) is -0.362. The number of nitrogens with one attached hydrogen (secondary N) is 1. The number of halogens is 2. The second-order valence-corrected chi connectivity index (χ2v) is 8.15. The van der Waals surface area contributed by atoms with E-state index >= 15 is 0 Å². The van der Waals surface area contributed by atoms with E-state index in [1.54, 1.807) is 0 Å². The van der Waals surface area contributed by atoms with E-state index in [0.29, 0.717) is 5.56 Å². The van der Waals surface area contributed by atoms with Gasteiger partial charge in [-0.15, -0.1) is 0 Å². The van der Waals surface area contributed by atoms with Crippen molar-refractivity contribution < 1.29 is 27.1 Å². The fraction of sp³-hybridized carbons (Fsp3) is 0.278. The molecule has 0 aliphatic rings. The zero-order valence-electron chi connectivity index (χ0n) is 15.5. The SMILES string of the molecule is COc1cc(N(CC(=O)NCc2ccc(F)cc2)S(C)(=O)=O)c(OC)cc1Cl. The van der Waals surface area contributed by atoms with Crippen LogP contribution in [0.5, 0.6) is 11.5 Å². The maximum atomic E-state index is 12.9. The van der Waals surface area contributed by atoms with Crippen LogP contribution in [-0.4, -0.2) is 41.3 Å². The number of carbonyl (C=O) groups is 1. The first kappa shape index (κ1) is 21.8. The molecule has 0 radical (unpaired) electrons. The highest BCUT2D eigenvalue weighted by Crippen LogP contribution is 2.38. The molecule has 1 amide bonds. The van der Waals surface area contributed by atoms with Gasteiger partial charge in [-0.3, -0.25) is 9.10 Å². The highest BCUT2D eigenvalue weighted by atomic mass is 35.5. The number of methoxy groups -OCH3 is 2. The maximum Gasteiger partial charge on any atom is 0.241 e. The number of nitrogens with zero attached hydrogens (tertiary/aromatic N) is 1. The van der Waals surface area contributed by atoms with E-state index < -0.39 is 22.5 Å². The number of hydrogen-bond acceptors (Lipinski definition) is 5. The molecule has 0 spiro atoms. The molecule has 152 valence electrons. The first-order chi connectivity index (χ1) is 13.2. The molecule has 10 heteroatoms.